The van der Waals surface area contributed by atoms with Crippen LogP contribution >= 0.6 is 11.8 Å². The summed E-state index contributed by atoms with van der Waals surface area (Å²) in [5, 5.41) is 19.9. The molecular formula is C35H42N4O6S. The average molecular weight is 647 g/mol. The van der Waals surface area contributed by atoms with Crippen molar-refractivity contribution in [2.45, 2.75) is 69.1 Å². The average Bonchev–Trinajstić information content (AvgIpc) is 3.38. The molecule has 1 fully saturated rings. The molecule has 0 spiro atoms. The highest BCUT2D eigenvalue weighted by Crippen LogP contribution is 2.40. The van der Waals surface area contributed by atoms with E-state index in [4.69, 9.17) is 4.74 Å². The Kier molecular flexibility index (Phi) is 11.8. The number of aryl methyl sites for hydroxylation is 1. The van der Waals surface area contributed by atoms with Crippen LogP contribution in [0.2, 0.25) is 0 Å². The standard InChI is InChI=1S/C35H42N4O6S/c1-23-13-11-12-18-26(23)21-36-31(41)30-35(2,3)46-22-39(30)32(42)29(40)27(19-24-14-7-5-8-15-24)37-34(44)38-28(33(43)45-4)20-25-16-9-6-10-17-25/h5-18,27-30,40H,19-22H2,1-4H3,(H,36,41)(H2,37,38,44). The summed E-state index contributed by atoms with van der Waals surface area (Å²) in [6.07, 6.45) is -1.37. The fourth-order valence-electron chi connectivity index (χ4n) is 5.51. The van der Waals surface area contributed by atoms with Gasteiger partial charge in [0.15, 0.2) is 6.10 Å². The van der Waals surface area contributed by atoms with Crippen LogP contribution < -0.4 is 16.0 Å². The van der Waals surface area contributed by atoms with Crippen LogP contribution in [0.25, 0.3) is 0 Å². The number of esters is 1. The van der Waals surface area contributed by atoms with Crippen LogP contribution in [0.4, 0.5) is 4.79 Å². The van der Waals surface area contributed by atoms with E-state index in [1.807, 2.05) is 106 Å². The van der Waals surface area contributed by atoms with Gasteiger partial charge in [-0.15, -0.1) is 11.8 Å². The Labute approximate surface area is 274 Å². The van der Waals surface area contributed by atoms with E-state index in [1.54, 1.807) is 0 Å². The van der Waals surface area contributed by atoms with Crippen molar-refractivity contribution in [2.75, 3.05) is 13.0 Å². The van der Waals surface area contributed by atoms with Crippen molar-refractivity contribution in [1.29, 1.82) is 0 Å². The Morgan fingerprint density at radius 1 is 0.913 bits per heavy atom. The largest absolute Gasteiger partial charge is 0.467 e. The van der Waals surface area contributed by atoms with Gasteiger partial charge in [0.25, 0.3) is 5.91 Å². The van der Waals surface area contributed by atoms with Gasteiger partial charge in [-0.05, 0) is 49.4 Å². The van der Waals surface area contributed by atoms with E-state index in [9.17, 15) is 24.3 Å². The number of ether oxygens (including phenoxy) is 1. The molecule has 4 unspecified atom stereocenters. The van der Waals surface area contributed by atoms with Crippen LogP contribution in [0, 0.1) is 6.92 Å². The highest BCUT2D eigenvalue weighted by molar-refractivity contribution is 8.00. The molecule has 0 bridgehead atoms. The number of nitrogens with one attached hydrogen (secondary N) is 3. The molecule has 4 N–H and O–H groups in total. The lowest BCUT2D eigenvalue weighted by Gasteiger charge is -2.33. The van der Waals surface area contributed by atoms with E-state index in [2.05, 4.69) is 16.0 Å². The zero-order chi connectivity index (χ0) is 33.3. The lowest BCUT2D eigenvalue weighted by atomic mass is 9.97. The first-order valence-corrected chi connectivity index (χ1v) is 16.2. The number of carbonyl (C=O) groups is 4. The van der Waals surface area contributed by atoms with Crippen molar-refractivity contribution < 1.29 is 29.0 Å². The molecule has 0 saturated carbocycles. The van der Waals surface area contributed by atoms with Gasteiger partial charge in [-0.25, -0.2) is 9.59 Å². The monoisotopic (exact) mass is 646 g/mol. The first-order valence-electron chi connectivity index (χ1n) is 15.2. The van der Waals surface area contributed by atoms with E-state index in [-0.39, 0.29) is 24.6 Å². The zero-order valence-electron chi connectivity index (χ0n) is 26.6. The normalized spacial score (nSPS) is 17.3. The predicted octanol–water partition coefficient (Wildman–Crippen LogP) is 3.35. The Hall–Kier alpha value is -4.35. The van der Waals surface area contributed by atoms with Gasteiger partial charge in [0.05, 0.1) is 19.0 Å². The number of urea groups is 1. The van der Waals surface area contributed by atoms with Gasteiger partial charge < -0.3 is 30.7 Å². The Balaban J connectivity index is 1.51. The van der Waals surface area contributed by atoms with E-state index < -0.39 is 46.9 Å². The SMILES string of the molecule is COC(=O)C(Cc1ccccc1)NC(=O)NC(Cc1ccccc1)C(O)C(=O)N1CSC(C)(C)C1C(=O)NCc1ccccc1C. The van der Waals surface area contributed by atoms with Gasteiger partial charge in [0.1, 0.15) is 12.1 Å². The molecule has 0 aromatic heterocycles. The molecule has 1 saturated heterocycles. The zero-order valence-corrected chi connectivity index (χ0v) is 27.4. The van der Waals surface area contributed by atoms with Crippen molar-refractivity contribution in [1.82, 2.24) is 20.9 Å². The van der Waals surface area contributed by atoms with E-state index in [1.165, 1.54) is 23.8 Å². The number of aliphatic hydroxyl groups is 1. The summed E-state index contributed by atoms with van der Waals surface area (Å²) in [4.78, 5) is 54.7. The van der Waals surface area contributed by atoms with Gasteiger partial charge >= 0.3 is 12.0 Å². The van der Waals surface area contributed by atoms with Crippen molar-refractivity contribution in [2.24, 2.45) is 0 Å². The smallest absolute Gasteiger partial charge is 0.328 e. The maximum absolute atomic E-state index is 13.9. The van der Waals surface area contributed by atoms with Gasteiger partial charge in [0.2, 0.25) is 5.91 Å². The highest BCUT2D eigenvalue weighted by atomic mass is 32.2. The summed E-state index contributed by atoms with van der Waals surface area (Å²) in [5.41, 5.74) is 3.60. The Morgan fingerprint density at radius 2 is 1.50 bits per heavy atom. The molecule has 3 aromatic rings. The number of aliphatic hydroxyl groups excluding tert-OH is 1. The van der Waals surface area contributed by atoms with Crippen LogP contribution in [-0.4, -0.2) is 75.8 Å². The van der Waals surface area contributed by atoms with Crippen LogP contribution in [0.1, 0.15) is 36.1 Å². The van der Waals surface area contributed by atoms with Gasteiger partial charge in [-0.1, -0.05) is 84.9 Å². The summed E-state index contributed by atoms with van der Waals surface area (Å²) >= 11 is 1.44. The fourth-order valence-corrected chi connectivity index (χ4v) is 6.65. The molecule has 10 nitrogen and oxygen atoms in total. The number of hydrogen-bond acceptors (Lipinski definition) is 7. The Bertz CT molecular complexity index is 1500. The molecule has 4 atom stereocenters. The summed E-state index contributed by atoms with van der Waals surface area (Å²) < 4.78 is 4.29. The molecular weight excluding hydrogens is 604 g/mol. The van der Waals surface area contributed by atoms with E-state index >= 15 is 0 Å². The first-order chi connectivity index (χ1) is 22.0. The number of carbonyl (C=O) groups excluding carboxylic acids is 4. The third-order valence-corrected chi connectivity index (χ3v) is 9.49. The molecule has 46 heavy (non-hydrogen) atoms. The second-order valence-electron chi connectivity index (χ2n) is 11.9. The van der Waals surface area contributed by atoms with E-state index in [0.717, 1.165) is 22.3 Å². The number of rotatable bonds is 12. The maximum Gasteiger partial charge on any atom is 0.328 e. The number of methoxy groups -OCH3 is 1. The van der Waals surface area contributed by atoms with Crippen molar-refractivity contribution in [3.8, 4) is 0 Å². The molecule has 3 aromatic carbocycles. The number of hydrogen-bond donors (Lipinski definition) is 4. The molecule has 0 radical (unpaired) electrons. The molecule has 0 aliphatic carbocycles. The number of nitrogens with zero attached hydrogens (tertiary/aromatic N) is 1. The number of benzene rings is 3. The maximum atomic E-state index is 13.9. The van der Waals surface area contributed by atoms with Crippen LogP contribution in [0.5, 0.6) is 0 Å². The molecule has 1 heterocycles. The molecule has 1 aliphatic heterocycles. The summed E-state index contributed by atoms with van der Waals surface area (Å²) in [6.45, 7) is 6.05. The molecule has 11 heteroatoms. The molecule has 244 valence electrons. The highest BCUT2D eigenvalue weighted by Gasteiger charge is 2.49. The minimum atomic E-state index is -1.68. The summed E-state index contributed by atoms with van der Waals surface area (Å²) in [7, 11) is 1.24. The molecule has 1 aliphatic rings. The van der Waals surface area contributed by atoms with E-state index in [0.29, 0.717) is 6.54 Å². The topological polar surface area (TPSA) is 137 Å². The van der Waals surface area contributed by atoms with Gasteiger partial charge in [0, 0.05) is 17.7 Å². The molecule has 4 rings (SSSR count). The third-order valence-electron chi connectivity index (χ3n) is 8.11. The summed E-state index contributed by atoms with van der Waals surface area (Å²) in [5.74, 6) is -1.45. The van der Waals surface area contributed by atoms with Crippen molar-refractivity contribution in [3.63, 3.8) is 0 Å². The van der Waals surface area contributed by atoms with Crippen molar-refractivity contribution >= 4 is 35.6 Å². The second kappa shape index (κ2) is 15.8. The van der Waals surface area contributed by atoms with Crippen LogP contribution in [0.15, 0.2) is 84.9 Å². The molecule has 4 amide bonds. The van der Waals surface area contributed by atoms with Crippen molar-refractivity contribution in [3.05, 3.63) is 107 Å². The van der Waals surface area contributed by atoms with Gasteiger partial charge in [-0.3, -0.25) is 9.59 Å². The van der Waals surface area contributed by atoms with Gasteiger partial charge in [-0.2, -0.15) is 0 Å². The number of amides is 4. The van der Waals surface area contributed by atoms with Crippen LogP contribution in [0.3, 0.4) is 0 Å². The minimum Gasteiger partial charge on any atom is -0.467 e. The minimum absolute atomic E-state index is 0.122. The summed E-state index contributed by atoms with van der Waals surface area (Å²) in [6, 6.07) is 22.4. The quantitative estimate of drug-likeness (QED) is 0.222. The third kappa shape index (κ3) is 8.88. The second-order valence-corrected chi connectivity index (χ2v) is 13.5. The van der Waals surface area contributed by atoms with Crippen LogP contribution in [-0.2, 0) is 38.5 Å². The Morgan fingerprint density at radius 3 is 2.11 bits per heavy atom. The number of thioether (sulfide) groups is 1. The lowest BCUT2D eigenvalue weighted by Crippen LogP contribution is -2.60. The lowest BCUT2D eigenvalue weighted by molar-refractivity contribution is -0.147. The predicted molar refractivity (Wildman–Crippen MR) is 178 cm³/mol. The fraction of sp³-hybridized carbons (Fsp3) is 0.371. The first kappa shape index (κ1) is 34.5.